The number of aromatic hydroxyl groups is 1. The molecule has 0 aromatic heterocycles. The molecule has 0 saturated heterocycles. The molecule has 0 aliphatic rings. The number of phenols is 1. The summed E-state index contributed by atoms with van der Waals surface area (Å²) in [6.07, 6.45) is 1.42. The summed E-state index contributed by atoms with van der Waals surface area (Å²) in [5.74, 6) is -0.0669. The molecule has 0 heterocycles. The Morgan fingerprint density at radius 1 is 1.05 bits per heavy atom. The lowest BCUT2D eigenvalue weighted by Crippen LogP contribution is -1.91. The van der Waals surface area contributed by atoms with Gasteiger partial charge in [0.25, 0.3) is 0 Å². The van der Waals surface area contributed by atoms with Crippen LogP contribution in [0.5, 0.6) is 5.75 Å². The molecule has 0 fully saturated rings. The molecule has 19 heavy (non-hydrogen) atoms. The fourth-order valence-electron chi connectivity index (χ4n) is 1.42. The summed E-state index contributed by atoms with van der Waals surface area (Å²) in [6, 6.07) is 10.1. The Kier molecular flexibility index (Phi) is 4.53. The molecule has 6 heteroatoms. The first kappa shape index (κ1) is 14.0. The first-order valence-corrected chi connectivity index (χ1v) is 6.42. The minimum Gasteiger partial charge on any atom is -0.506 e. The molecule has 2 rings (SSSR count). The van der Waals surface area contributed by atoms with Gasteiger partial charge < -0.3 is 5.11 Å². The highest BCUT2D eigenvalue weighted by Gasteiger charge is 2.05. The van der Waals surface area contributed by atoms with Crippen molar-refractivity contribution in [3.05, 3.63) is 57.0 Å². The summed E-state index contributed by atoms with van der Waals surface area (Å²) in [6.45, 7) is 0. The summed E-state index contributed by atoms with van der Waals surface area (Å²) in [4.78, 5) is 0. The number of hydrazone groups is 1. The van der Waals surface area contributed by atoms with Gasteiger partial charge in [-0.05, 0) is 30.3 Å². The van der Waals surface area contributed by atoms with Crippen LogP contribution in [-0.2, 0) is 0 Å². The fourth-order valence-corrected chi connectivity index (χ4v) is 2.12. The Balaban J connectivity index is 2.15. The van der Waals surface area contributed by atoms with Gasteiger partial charge in [-0.3, -0.25) is 5.43 Å². The van der Waals surface area contributed by atoms with E-state index < -0.39 is 0 Å². The Hall–Kier alpha value is -1.42. The number of hydrogen-bond acceptors (Lipinski definition) is 3. The van der Waals surface area contributed by atoms with Gasteiger partial charge >= 0.3 is 0 Å². The lowest BCUT2D eigenvalue weighted by molar-refractivity contribution is 0.475. The zero-order valence-electron chi connectivity index (χ0n) is 9.57. The standard InChI is InChI=1S/C13H9Cl3N2O/c14-9-2-1-3-11(5-9)18-17-7-8-4-10(15)6-12(16)13(8)19/h1-7,18-19H/b17-7+. The smallest absolute Gasteiger partial charge is 0.143 e. The van der Waals surface area contributed by atoms with E-state index >= 15 is 0 Å². The molecule has 2 N–H and O–H groups in total. The number of nitrogens with zero attached hydrogens (tertiary/aromatic N) is 1. The van der Waals surface area contributed by atoms with Crippen molar-refractivity contribution in [1.82, 2.24) is 0 Å². The van der Waals surface area contributed by atoms with Gasteiger partial charge in [0.2, 0.25) is 0 Å². The van der Waals surface area contributed by atoms with E-state index in [4.69, 9.17) is 34.8 Å². The van der Waals surface area contributed by atoms with Gasteiger partial charge in [-0.2, -0.15) is 5.10 Å². The summed E-state index contributed by atoms with van der Waals surface area (Å²) in [7, 11) is 0. The van der Waals surface area contributed by atoms with Gasteiger partial charge in [-0.15, -0.1) is 0 Å². The average Bonchev–Trinajstić information content (AvgIpc) is 2.35. The third-order valence-corrected chi connectivity index (χ3v) is 3.02. The number of rotatable bonds is 3. The van der Waals surface area contributed by atoms with Gasteiger partial charge in [0, 0.05) is 15.6 Å². The van der Waals surface area contributed by atoms with Crippen LogP contribution in [0.2, 0.25) is 15.1 Å². The highest BCUT2D eigenvalue weighted by atomic mass is 35.5. The van der Waals surface area contributed by atoms with E-state index in [0.717, 1.165) is 5.69 Å². The Morgan fingerprint density at radius 2 is 1.84 bits per heavy atom. The number of hydrogen-bond donors (Lipinski definition) is 2. The second-order valence-electron chi connectivity index (χ2n) is 3.71. The lowest BCUT2D eigenvalue weighted by Gasteiger charge is -2.03. The van der Waals surface area contributed by atoms with Gasteiger partial charge in [-0.25, -0.2) is 0 Å². The predicted octanol–water partition coefficient (Wildman–Crippen LogP) is 4.80. The third-order valence-electron chi connectivity index (χ3n) is 2.28. The maximum Gasteiger partial charge on any atom is 0.143 e. The zero-order valence-corrected chi connectivity index (χ0v) is 11.8. The van der Waals surface area contributed by atoms with Crippen LogP contribution >= 0.6 is 34.8 Å². The predicted molar refractivity (Wildman–Crippen MR) is 80.8 cm³/mol. The maximum absolute atomic E-state index is 9.73. The van der Waals surface area contributed by atoms with Crippen LogP contribution < -0.4 is 5.43 Å². The molecule has 0 radical (unpaired) electrons. The zero-order chi connectivity index (χ0) is 13.8. The average molecular weight is 316 g/mol. The maximum atomic E-state index is 9.73. The van der Waals surface area contributed by atoms with Crippen molar-refractivity contribution in [1.29, 1.82) is 0 Å². The van der Waals surface area contributed by atoms with Crippen molar-refractivity contribution < 1.29 is 5.11 Å². The first-order valence-electron chi connectivity index (χ1n) is 5.29. The van der Waals surface area contributed by atoms with Crippen LogP contribution in [0, 0.1) is 0 Å². The fraction of sp³-hybridized carbons (Fsp3) is 0. The molecule has 3 nitrogen and oxygen atoms in total. The van der Waals surface area contributed by atoms with Crippen LogP contribution in [0.15, 0.2) is 41.5 Å². The molecule has 0 spiro atoms. The van der Waals surface area contributed by atoms with Crippen molar-refractivity contribution in [3.8, 4) is 5.75 Å². The van der Waals surface area contributed by atoms with E-state index in [0.29, 0.717) is 15.6 Å². The largest absolute Gasteiger partial charge is 0.506 e. The Morgan fingerprint density at radius 3 is 2.58 bits per heavy atom. The molecule has 0 aliphatic heterocycles. The van der Waals surface area contributed by atoms with Crippen molar-refractivity contribution in [2.24, 2.45) is 5.10 Å². The minimum atomic E-state index is -0.0669. The molecule has 0 bridgehead atoms. The minimum absolute atomic E-state index is 0.0669. The Bertz CT molecular complexity index is 629. The molecule has 0 amide bonds. The molecule has 98 valence electrons. The van der Waals surface area contributed by atoms with Crippen molar-refractivity contribution in [2.45, 2.75) is 0 Å². The van der Waals surface area contributed by atoms with E-state index in [9.17, 15) is 5.11 Å². The molecular weight excluding hydrogens is 307 g/mol. The number of halogens is 3. The second kappa shape index (κ2) is 6.15. The van der Waals surface area contributed by atoms with Crippen LogP contribution in [0.3, 0.4) is 0 Å². The molecule has 0 aliphatic carbocycles. The topological polar surface area (TPSA) is 44.6 Å². The van der Waals surface area contributed by atoms with Gasteiger partial charge in [-0.1, -0.05) is 40.9 Å². The molecular formula is C13H9Cl3N2O. The normalized spacial score (nSPS) is 10.9. The second-order valence-corrected chi connectivity index (χ2v) is 4.99. The van der Waals surface area contributed by atoms with E-state index in [-0.39, 0.29) is 10.8 Å². The van der Waals surface area contributed by atoms with Crippen molar-refractivity contribution >= 4 is 46.7 Å². The highest BCUT2D eigenvalue weighted by Crippen LogP contribution is 2.30. The van der Waals surface area contributed by atoms with Crippen LogP contribution in [0.4, 0.5) is 5.69 Å². The lowest BCUT2D eigenvalue weighted by atomic mass is 10.2. The van der Waals surface area contributed by atoms with Crippen LogP contribution in [-0.4, -0.2) is 11.3 Å². The van der Waals surface area contributed by atoms with Gasteiger partial charge in [0.05, 0.1) is 16.9 Å². The number of nitrogens with one attached hydrogen (secondary N) is 1. The quantitative estimate of drug-likeness (QED) is 0.631. The summed E-state index contributed by atoms with van der Waals surface area (Å²) >= 11 is 17.5. The van der Waals surface area contributed by atoms with E-state index in [1.54, 1.807) is 24.3 Å². The van der Waals surface area contributed by atoms with Crippen molar-refractivity contribution in [3.63, 3.8) is 0 Å². The SMILES string of the molecule is Oc1c(Cl)cc(Cl)cc1/C=N/Nc1cccc(Cl)c1. The molecule has 2 aromatic rings. The number of phenolic OH excluding ortho intramolecular Hbond substituents is 1. The van der Waals surface area contributed by atoms with Crippen LogP contribution in [0.25, 0.3) is 0 Å². The van der Waals surface area contributed by atoms with E-state index in [2.05, 4.69) is 10.5 Å². The van der Waals surface area contributed by atoms with Crippen molar-refractivity contribution in [2.75, 3.05) is 5.43 Å². The Labute approximate surface area is 125 Å². The monoisotopic (exact) mass is 314 g/mol. The molecule has 0 unspecified atom stereocenters. The van der Waals surface area contributed by atoms with E-state index in [1.807, 2.05) is 6.07 Å². The molecule has 0 saturated carbocycles. The number of anilines is 1. The van der Waals surface area contributed by atoms with Crippen LogP contribution in [0.1, 0.15) is 5.56 Å². The highest BCUT2D eigenvalue weighted by molar-refractivity contribution is 6.36. The molecule has 0 atom stereocenters. The number of benzene rings is 2. The van der Waals surface area contributed by atoms with Gasteiger partial charge in [0.15, 0.2) is 0 Å². The third kappa shape index (κ3) is 3.77. The summed E-state index contributed by atoms with van der Waals surface area (Å²) in [5.41, 5.74) is 3.94. The first-order chi connectivity index (χ1) is 9.06. The molecule has 2 aromatic carbocycles. The summed E-state index contributed by atoms with van der Waals surface area (Å²) < 4.78 is 0. The summed E-state index contributed by atoms with van der Waals surface area (Å²) in [5, 5.41) is 14.9. The van der Waals surface area contributed by atoms with Gasteiger partial charge in [0.1, 0.15) is 5.75 Å². The van der Waals surface area contributed by atoms with E-state index in [1.165, 1.54) is 12.3 Å².